The van der Waals surface area contributed by atoms with E-state index in [-0.39, 0.29) is 10.8 Å². The third-order valence-electron chi connectivity index (χ3n) is 13.6. The lowest BCUT2D eigenvalue weighted by molar-refractivity contribution is 0.490. The van der Waals surface area contributed by atoms with Crippen LogP contribution in [0.5, 0.6) is 0 Å². The van der Waals surface area contributed by atoms with E-state index in [9.17, 15) is 0 Å². The fourth-order valence-electron chi connectivity index (χ4n) is 10.5. The predicted molar refractivity (Wildman–Crippen MR) is 231 cm³/mol. The molecule has 0 heterocycles. The first-order chi connectivity index (χ1) is 26.5. The van der Waals surface area contributed by atoms with Crippen LogP contribution in [-0.4, -0.2) is 0 Å². The first-order valence-electron chi connectivity index (χ1n) is 20.1. The molecule has 262 valence electrons. The topological polar surface area (TPSA) is 0 Å². The van der Waals surface area contributed by atoms with Gasteiger partial charge in [0.1, 0.15) is 0 Å². The van der Waals surface area contributed by atoms with E-state index in [1.54, 1.807) is 0 Å². The van der Waals surface area contributed by atoms with Crippen LogP contribution in [0.4, 0.5) is 0 Å². The van der Waals surface area contributed by atoms with E-state index < -0.39 is 0 Å². The number of benzene rings is 8. The van der Waals surface area contributed by atoms with Crippen LogP contribution in [0.2, 0.25) is 0 Å². The molecule has 2 aliphatic rings. The van der Waals surface area contributed by atoms with Gasteiger partial charge in [0.15, 0.2) is 0 Å². The zero-order chi connectivity index (χ0) is 36.6. The van der Waals surface area contributed by atoms with Crippen molar-refractivity contribution in [2.75, 3.05) is 0 Å². The van der Waals surface area contributed by atoms with Gasteiger partial charge >= 0.3 is 0 Å². The molecule has 0 spiro atoms. The van der Waals surface area contributed by atoms with Crippen LogP contribution in [0.15, 0.2) is 158 Å². The van der Waals surface area contributed by atoms with Crippen molar-refractivity contribution in [2.24, 2.45) is 0 Å². The van der Waals surface area contributed by atoms with Crippen LogP contribution < -0.4 is 0 Å². The fraction of sp³-hybridized carbons (Fsp3) is 0.185. The lowest BCUT2D eigenvalue weighted by Gasteiger charge is -2.31. The second-order valence-electron chi connectivity index (χ2n) is 15.7. The van der Waals surface area contributed by atoms with Gasteiger partial charge < -0.3 is 0 Å². The van der Waals surface area contributed by atoms with Crippen LogP contribution in [0.25, 0.3) is 77.2 Å². The van der Waals surface area contributed by atoms with Crippen molar-refractivity contribution in [1.29, 1.82) is 0 Å². The van der Waals surface area contributed by atoms with Gasteiger partial charge in [0.05, 0.1) is 0 Å². The zero-order valence-corrected chi connectivity index (χ0v) is 31.8. The Morgan fingerprint density at radius 3 is 0.833 bits per heavy atom. The maximum Gasteiger partial charge on any atom is 0.0210 e. The molecule has 0 unspecified atom stereocenters. The molecule has 0 fully saturated rings. The number of hydrogen-bond donors (Lipinski definition) is 0. The highest BCUT2D eigenvalue weighted by Crippen LogP contribution is 2.56. The van der Waals surface area contributed by atoms with Crippen molar-refractivity contribution in [3.8, 4) is 55.6 Å². The standard InChI is InChI=1S/C54H46/c1-5-53(6-2)49-31-41(39-19-17-35-13-9-11-15-37(35)29-39)21-25-45(49)47-27-23-43(33-51(47)53)44-24-28-48-46-26-22-42(32-50(46)54(7-3,8-4)52(48)34-44)40-20-18-36-14-10-12-16-38(36)30-40/h9-34H,5-8H2,1-4H3. The maximum absolute atomic E-state index is 2.54. The van der Waals surface area contributed by atoms with E-state index in [0.717, 1.165) is 25.7 Å². The Kier molecular flexibility index (Phi) is 7.57. The lowest BCUT2D eigenvalue weighted by atomic mass is 9.72. The minimum Gasteiger partial charge on any atom is -0.0642 e. The van der Waals surface area contributed by atoms with Crippen LogP contribution in [0, 0.1) is 0 Å². The first-order valence-corrected chi connectivity index (χ1v) is 20.1. The highest BCUT2D eigenvalue weighted by atomic mass is 14.5. The molecule has 8 aromatic carbocycles. The molecule has 2 aliphatic carbocycles. The van der Waals surface area contributed by atoms with E-state index in [2.05, 4.69) is 185 Å². The zero-order valence-electron chi connectivity index (χ0n) is 31.8. The lowest BCUT2D eigenvalue weighted by Crippen LogP contribution is -2.23. The Labute approximate surface area is 320 Å². The molecule has 0 aliphatic heterocycles. The molecule has 0 radical (unpaired) electrons. The molecule has 10 rings (SSSR count). The summed E-state index contributed by atoms with van der Waals surface area (Å²) in [6.45, 7) is 9.53. The fourth-order valence-corrected chi connectivity index (χ4v) is 10.5. The first kappa shape index (κ1) is 32.9. The largest absolute Gasteiger partial charge is 0.0642 e. The molecule has 0 nitrogen and oxygen atoms in total. The second-order valence-corrected chi connectivity index (χ2v) is 15.7. The Balaban J connectivity index is 1.05. The SMILES string of the molecule is CCC1(CC)c2cc(-c3ccc4c(c3)C(CC)(CC)c3cc(-c5ccc6ccccc6c5)ccc3-4)ccc2-c2ccc(-c3ccc4ccccc4c3)cc21. The third-order valence-corrected chi connectivity index (χ3v) is 13.6. The monoisotopic (exact) mass is 694 g/mol. The minimum atomic E-state index is -0.0176. The van der Waals surface area contributed by atoms with Gasteiger partial charge in [0, 0.05) is 10.8 Å². The second kappa shape index (κ2) is 12.4. The normalized spacial score (nSPS) is 14.5. The van der Waals surface area contributed by atoms with E-state index >= 15 is 0 Å². The number of fused-ring (bicyclic) bond motifs is 8. The van der Waals surface area contributed by atoms with Crippen LogP contribution in [0.3, 0.4) is 0 Å². The summed E-state index contributed by atoms with van der Waals surface area (Å²) >= 11 is 0. The van der Waals surface area contributed by atoms with Crippen molar-refractivity contribution in [3.63, 3.8) is 0 Å². The van der Waals surface area contributed by atoms with Crippen LogP contribution >= 0.6 is 0 Å². The van der Waals surface area contributed by atoms with Gasteiger partial charge in [-0.15, -0.1) is 0 Å². The summed E-state index contributed by atoms with van der Waals surface area (Å²) in [5.74, 6) is 0. The predicted octanol–water partition coefficient (Wildman–Crippen LogP) is 15.2. The number of rotatable bonds is 7. The Morgan fingerprint density at radius 1 is 0.278 bits per heavy atom. The van der Waals surface area contributed by atoms with Crippen molar-refractivity contribution >= 4 is 21.5 Å². The summed E-state index contributed by atoms with van der Waals surface area (Å²) in [5, 5.41) is 5.16. The summed E-state index contributed by atoms with van der Waals surface area (Å²) in [5.41, 5.74) is 19.3. The van der Waals surface area contributed by atoms with Gasteiger partial charge in [-0.3, -0.25) is 0 Å². The molecule has 0 amide bonds. The molecule has 0 saturated heterocycles. The van der Waals surface area contributed by atoms with E-state index in [1.807, 2.05) is 0 Å². The third kappa shape index (κ3) is 4.69. The van der Waals surface area contributed by atoms with E-state index in [0.29, 0.717) is 0 Å². The quantitative estimate of drug-likeness (QED) is 0.156. The molecule has 8 aromatic rings. The molecular weight excluding hydrogens is 649 g/mol. The molecule has 0 heteroatoms. The van der Waals surface area contributed by atoms with Gasteiger partial charge in [-0.2, -0.15) is 0 Å². The summed E-state index contributed by atoms with van der Waals surface area (Å²) in [6.07, 6.45) is 4.29. The van der Waals surface area contributed by atoms with Gasteiger partial charge in [-0.05, 0) is 162 Å². The van der Waals surface area contributed by atoms with Gasteiger partial charge in [-0.25, -0.2) is 0 Å². The van der Waals surface area contributed by atoms with Crippen molar-refractivity contribution in [3.05, 3.63) is 180 Å². The average molecular weight is 695 g/mol. The highest BCUT2D eigenvalue weighted by molar-refractivity contribution is 5.92. The van der Waals surface area contributed by atoms with Crippen molar-refractivity contribution in [2.45, 2.75) is 64.2 Å². The molecule has 0 aromatic heterocycles. The maximum atomic E-state index is 2.54. The Morgan fingerprint density at radius 2 is 0.537 bits per heavy atom. The molecule has 0 N–H and O–H groups in total. The van der Waals surface area contributed by atoms with Crippen molar-refractivity contribution in [1.82, 2.24) is 0 Å². The van der Waals surface area contributed by atoms with Crippen molar-refractivity contribution < 1.29 is 0 Å². The van der Waals surface area contributed by atoms with Gasteiger partial charge in [-0.1, -0.05) is 149 Å². The molecule has 0 saturated carbocycles. The van der Waals surface area contributed by atoms with Crippen LogP contribution in [0.1, 0.15) is 75.6 Å². The van der Waals surface area contributed by atoms with Gasteiger partial charge in [0.2, 0.25) is 0 Å². The molecular formula is C54H46. The molecule has 54 heavy (non-hydrogen) atoms. The minimum absolute atomic E-state index is 0.0176. The Hall–Kier alpha value is -5.72. The highest BCUT2D eigenvalue weighted by Gasteiger charge is 2.42. The summed E-state index contributed by atoms with van der Waals surface area (Å²) < 4.78 is 0. The van der Waals surface area contributed by atoms with E-state index in [1.165, 1.54) is 99.4 Å². The van der Waals surface area contributed by atoms with E-state index in [4.69, 9.17) is 0 Å². The van der Waals surface area contributed by atoms with Gasteiger partial charge in [0.25, 0.3) is 0 Å². The summed E-state index contributed by atoms with van der Waals surface area (Å²) in [7, 11) is 0. The average Bonchev–Trinajstić information content (AvgIpc) is 3.68. The molecule has 0 bridgehead atoms. The molecule has 0 atom stereocenters. The smallest absolute Gasteiger partial charge is 0.0210 e. The van der Waals surface area contributed by atoms with Crippen LogP contribution in [-0.2, 0) is 10.8 Å². The summed E-state index contributed by atoms with van der Waals surface area (Å²) in [6, 6.07) is 60.2. The number of hydrogen-bond acceptors (Lipinski definition) is 0. The summed E-state index contributed by atoms with van der Waals surface area (Å²) in [4.78, 5) is 0. The Bertz CT molecular complexity index is 2580.